The lowest BCUT2D eigenvalue weighted by Gasteiger charge is -2.09. The largest absolute Gasteiger partial charge is 0.354 e. The van der Waals surface area contributed by atoms with Gasteiger partial charge in [-0.15, -0.1) is 13.2 Å². The van der Waals surface area contributed by atoms with Crippen LogP contribution in [0.25, 0.3) is 44.3 Å². The third kappa shape index (κ3) is 4.02. The Morgan fingerprint density at radius 1 is 0.588 bits per heavy atom. The molecule has 0 spiro atoms. The molecule has 0 aliphatic carbocycles. The van der Waals surface area contributed by atoms with Crippen molar-refractivity contribution in [3.63, 3.8) is 0 Å². The van der Waals surface area contributed by atoms with Crippen LogP contribution in [0.15, 0.2) is 108 Å². The molecule has 0 bridgehead atoms. The summed E-state index contributed by atoms with van der Waals surface area (Å²) in [6.45, 7) is 7.54. The lowest BCUT2D eigenvalue weighted by atomic mass is 10.0. The first kappa shape index (κ1) is 21.4. The fraction of sp³-hybridized carbons (Fsp3) is 0.0667. The summed E-state index contributed by atoms with van der Waals surface area (Å²) < 4.78 is 0. The summed E-state index contributed by atoms with van der Waals surface area (Å²) in [5.41, 5.74) is 6.66. The quantitative estimate of drug-likeness (QED) is 0.243. The van der Waals surface area contributed by atoms with E-state index in [-0.39, 0.29) is 10.9 Å². The number of allylic oxidation sites excluding steroid dienone is 2. The van der Waals surface area contributed by atoms with E-state index in [1.54, 1.807) is 24.3 Å². The lowest BCUT2D eigenvalue weighted by molar-refractivity contribution is 1.27. The number of fused-ring (bicyclic) bond motifs is 2. The van der Waals surface area contributed by atoms with Crippen molar-refractivity contribution in [2.75, 3.05) is 0 Å². The van der Waals surface area contributed by atoms with Crippen LogP contribution in [0.1, 0.15) is 11.1 Å². The van der Waals surface area contributed by atoms with Gasteiger partial charge < -0.3 is 9.97 Å². The summed E-state index contributed by atoms with van der Waals surface area (Å²) in [4.78, 5) is 32.7. The Morgan fingerprint density at radius 3 is 1.32 bits per heavy atom. The van der Waals surface area contributed by atoms with Crippen molar-refractivity contribution < 1.29 is 0 Å². The SMILES string of the molecule is C=CCc1ccc(-c2cc(=O)c3cc4[nH]c(-c5ccc(CC=C)cc5)cc(=O)c4cc3[nH]2)cc1. The first-order chi connectivity index (χ1) is 16.6. The maximum absolute atomic E-state index is 13.0. The van der Waals surface area contributed by atoms with E-state index in [0.717, 1.165) is 46.5 Å². The molecule has 0 amide bonds. The Labute approximate surface area is 196 Å². The molecule has 0 aliphatic heterocycles. The van der Waals surface area contributed by atoms with Gasteiger partial charge in [-0.3, -0.25) is 9.59 Å². The van der Waals surface area contributed by atoms with Gasteiger partial charge in [-0.25, -0.2) is 0 Å². The number of hydrogen-bond acceptors (Lipinski definition) is 2. The molecule has 34 heavy (non-hydrogen) atoms. The first-order valence-electron chi connectivity index (χ1n) is 11.2. The van der Waals surface area contributed by atoms with Crippen LogP contribution >= 0.6 is 0 Å². The second-order valence-electron chi connectivity index (χ2n) is 8.42. The number of H-pyrrole nitrogens is 2. The molecule has 0 radical (unpaired) electrons. The van der Waals surface area contributed by atoms with Crippen molar-refractivity contribution in [3.05, 3.63) is 130 Å². The molecular formula is C30H24N2O2. The van der Waals surface area contributed by atoms with Gasteiger partial charge in [0.2, 0.25) is 0 Å². The highest BCUT2D eigenvalue weighted by atomic mass is 16.1. The molecule has 3 aromatic carbocycles. The zero-order valence-electron chi connectivity index (χ0n) is 18.7. The number of benzene rings is 3. The van der Waals surface area contributed by atoms with E-state index in [4.69, 9.17) is 0 Å². The average Bonchev–Trinajstić information content (AvgIpc) is 2.85. The van der Waals surface area contributed by atoms with Crippen LogP contribution in [0.3, 0.4) is 0 Å². The van der Waals surface area contributed by atoms with Gasteiger partial charge in [-0.05, 0) is 47.2 Å². The highest BCUT2D eigenvalue weighted by Gasteiger charge is 2.10. The van der Waals surface area contributed by atoms with Gasteiger partial charge in [0.1, 0.15) is 0 Å². The molecule has 5 rings (SSSR count). The number of pyridine rings is 2. The summed E-state index contributed by atoms with van der Waals surface area (Å²) in [6.07, 6.45) is 5.31. The molecule has 2 heterocycles. The summed E-state index contributed by atoms with van der Waals surface area (Å²) >= 11 is 0. The van der Waals surface area contributed by atoms with Gasteiger partial charge in [0.25, 0.3) is 0 Å². The number of aromatic amines is 2. The smallest absolute Gasteiger partial charge is 0.190 e. The van der Waals surface area contributed by atoms with Crippen LogP contribution in [0, 0.1) is 0 Å². The summed E-state index contributed by atoms with van der Waals surface area (Å²) in [5.74, 6) is 0. The predicted molar refractivity (Wildman–Crippen MR) is 141 cm³/mol. The summed E-state index contributed by atoms with van der Waals surface area (Å²) in [6, 6.07) is 22.8. The first-order valence-corrected chi connectivity index (χ1v) is 11.2. The van der Waals surface area contributed by atoms with Crippen LogP contribution in [0.4, 0.5) is 0 Å². The van der Waals surface area contributed by atoms with Crippen molar-refractivity contribution in [1.29, 1.82) is 0 Å². The summed E-state index contributed by atoms with van der Waals surface area (Å²) in [7, 11) is 0. The Morgan fingerprint density at radius 2 is 0.971 bits per heavy atom. The summed E-state index contributed by atoms with van der Waals surface area (Å²) in [5, 5.41) is 1.07. The maximum atomic E-state index is 13.0. The van der Waals surface area contributed by atoms with Crippen LogP contribution in [0.2, 0.25) is 0 Å². The van der Waals surface area contributed by atoms with E-state index in [2.05, 4.69) is 23.1 Å². The van der Waals surface area contributed by atoms with Crippen molar-refractivity contribution in [2.45, 2.75) is 12.8 Å². The topological polar surface area (TPSA) is 65.7 Å². The fourth-order valence-corrected chi connectivity index (χ4v) is 4.28. The molecule has 0 aliphatic rings. The molecule has 2 aromatic heterocycles. The lowest BCUT2D eigenvalue weighted by Crippen LogP contribution is -2.07. The molecule has 4 heteroatoms. The van der Waals surface area contributed by atoms with Crippen LogP contribution < -0.4 is 10.9 Å². The van der Waals surface area contributed by atoms with Crippen molar-refractivity contribution in [2.24, 2.45) is 0 Å². The van der Waals surface area contributed by atoms with E-state index in [9.17, 15) is 9.59 Å². The molecule has 4 nitrogen and oxygen atoms in total. The Hall–Kier alpha value is -4.44. The van der Waals surface area contributed by atoms with Crippen LogP contribution in [-0.2, 0) is 12.8 Å². The second-order valence-corrected chi connectivity index (χ2v) is 8.42. The van der Waals surface area contributed by atoms with Gasteiger partial charge in [-0.1, -0.05) is 60.7 Å². The van der Waals surface area contributed by atoms with Gasteiger partial charge in [-0.2, -0.15) is 0 Å². The molecule has 2 N–H and O–H groups in total. The molecule has 0 atom stereocenters. The normalized spacial score (nSPS) is 11.1. The van der Waals surface area contributed by atoms with Gasteiger partial charge in [0.15, 0.2) is 10.9 Å². The molecule has 166 valence electrons. The zero-order chi connectivity index (χ0) is 23.7. The average molecular weight is 445 g/mol. The van der Waals surface area contributed by atoms with Crippen molar-refractivity contribution in [1.82, 2.24) is 9.97 Å². The minimum Gasteiger partial charge on any atom is -0.354 e. The number of nitrogens with one attached hydrogen (secondary N) is 2. The van der Waals surface area contributed by atoms with Gasteiger partial charge in [0.05, 0.1) is 11.0 Å². The van der Waals surface area contributed by atoms with E-state index in [1.165, 1.54) is 0 Å². The van der Waals surface area contributed by atoms with Crippen LogP contribution in [0.5, 0.6) is 0 Å². The van der Waals surface area contributed by atoms with E-state index in [0.29, 0.717) is 21.8 Å². The highest BCUT2D eigenvalue weighted by Crippen LogP contribution is 2.24. The minimum atomic E-state index is -0.0964. The van der Waals surface area contributed by atoms with E-state index < -0.39 is 0 Å². The van der Waals surface area contributed by atoms with Crippen molar-refractivity contribution in [3.8, 4) is 22.5 Å². The Balaban J connectivity index is 1.60. The highest BCUT2D eigenvalue weighted by molar-refractivity contribution is 5.96. The Bertz CT molecular complexity index is 1530. The molecule has 0 saturated heterocycles. The number of aromatic nitrogens is 2. The monoisotopic (exact) mass is 444 g/mol. The molecular weight excluding hydrogens is 420 g/mol. The van der Waals surface area contributed by atoms with E-state index >= 15 is 0 Å². The fourth-order valence-electron chi connectivity index (χ4n) is 4.28. The van der Waals surface area contributed by atoms with Gasteiger partial charge in [0, 0.05) is 34.3 Å². The maximum Gasteiger partial charge on any atom is 0.190 e. The molecule has 5 aromatic rings. The second kappa shape index (κ2) is 8.83. The van der Waals surface area contributed by atoms with Crippen molar-refractivity contribution >= 4 is 21.8 Å². The van der Waals surface area contributed by atoms with E-state index in [1.807, 2.05) is 60.7 Å². The zero-order valence-corrected chi connectivity index (χ0v) is 18.7. The molecule has 0 unspecified atom stereocenters. The standard InChI is InChI=1S/C30H24N2O2/c1-3-5-19-7-11-21(12-8-19)25-17-29(33)23-16-28-24(15-27(23)31-25)30(34)18-26(32-28)22-13-9-20(6-4-2)10-14-22/h3-4,7-18H,1-2,5-6H2,(H,31,33)(H,32,34). The number of rotatable bonds is 6. The molecule has 0 fully saturated rings. The third-order valence-corrected chi connectivity index (χ3v) is 6.07. The molecule has 0 saturated carbocycles. The van der Waals surface area contributed by atoms with Gasteiger partial charge >= 0.3 is 0 Å². The minimum absolute atomic E-state index is 0.0964. The third-order valence-electron chi connectivity index (χ3n) is 6.07. The number of hydrogen-bond donors (Lipinski definition) is 2. The Kier molecular flexibility index (Phi) is 5.56. The van der Waals surface area contributed by atoms with Crippen LogP contribution in [-0.4, -0.2) is 9.97 Å². The predicted octanol–water partition coefficient (Wildman–Crippen LogP) is 6.16.